The number of hydrogen-bond acceptors (Lipinski definition) is 4. The first-order valence-corrected chi connectivity index (χ1v) is 5.74. The number of carboxylic acids is 1. The summed E-state index contributed by atoms with van der Waals surface area (Å²) in [6.07, 6.45) is 3.29. The van der Waals surface area contributed by atoms with Gasteiger partial charge in [0.1, 0.15) is 12.3 Å². The molecule has 1 heterocycles. The second-order valence-electron chi connectivity index (χ2n) is 4.28. The molecule has 98 valence electrons. The van der Waals surface area contributed by atoms with Crippen molar-refractivity contribution in [3.63, 3.8) is 0 Å². The molecule has 1 aromatic heterocycles. The van der Waals surface area contributed by atoms with Crippen molar-refractivity contribution in [2.24, 2.45) is 0 Å². The molecule has 1 saturated carbocycles. The molecule has 18 heavy (non-hydrogen) atoms. The third-order valence-electron chi connectivity index (χ3n) is 2.61. The van der Waals surface area contributed by atoms with Crippen molar-refractivity contribution in [1.82, 2.24) is 15.2 Å². The Morgan fingerprint density at radius 3 is 2.83 bits per heavy atom. The minimum Gasteiger partial charge on any atom is -0.480 e. The van der Waals surface area contributed by atoms with Gasteiger partial charge in [-0.2, -0.15) is 0 Å². The summed E-state index contributed by atoms with van der Waals surface area (Å²) in [6.45, 7) is 1.65. The molecule has 0 aromatic carbocycles. The van der Waals surface area contributed by atoms with Crippen LogP contribution < -0.4 is 5.32 Å². The summed E-state index contributed by atoms with van der Waals surface area (Å²) in [6, 6.07) is -0.344. The molecule has 2 N–H and O–H groups in total. The van der Waals surface area contributed by atoms with Crippen LogP contribution in [0.4, 0.5) is 4.79 Å². The SMILES string of the molecule is Cc1cnc(CNC(=O)N(CC(=O)O)C2CC2)o1. The molecular formula is C11H15N3O4. The van der Waals surface area contributed by atoms with E-state index in [-0.39, 0.29) is 19.1 Å². The fourth-order valence-electron chi connectivity index (χ4n) is 1.63. The minimum atomic E-state index is -1.01. The highest BCUT2D eigenvalue weighted by Gasteiger charge is 2.33. The number of amides is 2. The lowest BCUT2D eigenvalue weighted by atomic mass is 10.5. The zero-order valence-corrected chi connectivity index (χ0v) is 10.0. The predicted octanol–water partition coefficient (Wildman–Crippen LogP) is 0.742. The standard InChI is InChI=1S/C11H15N3O4/c1-7-4-12-9(18-7)5-13-11(17)14(6-10(15)16)8-2-3-8/h4,8H,2-3,5-6H2,1H3,(H,13,17)(H,15,16). The molecule has 2 rings (SSSR count). The van der Waals surface area contributed by atoms with Crippen LogP contribution >= 0.6 is 0 Å². The van der Waals surface area contributed by atoms with Gasteiger partial charge in [-0.05, 0) is 19.8 Å². The number of carbonyl (C=O) groups is 2. The summed E-state index contributed by atoms with van der Waals surface area (Å²) in [5, 5.41) is 11.4. The summed E-state index contributed by atoms with van der Waals surface area (Å²) >= 11 is 0. The summed E-state index contributed by atoms with van der Waals surface area (Å²) in [7, 11) is 0. The van der Waals surface area contributed by atoms with Crippen LogP contribution in [0.15, 0.2) is 10.6 Å². The Balaban J connectivity index is 1.87. The highest BCUT2D eigenvalue weighted by molar-refractivity contribution is 5.80. The van der Waals surface area contributed by atoms with Crippen molar-refractivity contribution in [2.45, 2.75) is 32.4 Å². The van der Waals surface area contributed by atoms with Gasteiger partial charge in [-0.15, -0.1) is 0 Å². The van der Waals surface area contributed by atoms with E-state index in [1.165, 1.54) is 4.90 Å². The number of nitrogens with zero attached hydrogens (tertiary/aromatic N) is 2. The van der Waals surface area contributed by atoms with E-state index in [2.05, 4.69) is 10.3 Å². The first-order chi connectivity index (χ1) is 8.56. The van der Waals surface area contributed by atoms with Crippen molar-refractivity contribution in [2.75, 3.05) is 6.54 Å². The maximum absolute atomic E-state index is 11.8. The maximum atomic E-state index is 11.8. The third-order valence-corrected chi connectivity index (χ3v) is 2.61. The molecule has 1 aliphatic carbocycles. The van der Waals surface area contributed by atoms with E-state index in [1.807, 2.05) is 0 Å². The number of urea groups is 1. The Kier molecular flexibility index (Phi) is 3.50. The molecule has 0 saturated heterocycles. The fraction of sp³-hybridized carbons (Fsp3) is 0.545. The highest BCUT2D eigenvalue weighted by atomic mass is 16.4. The van der Waals surface area contributed by atoms with Gasteiger partial charge in [-0.1, -0.05) is 0 Å². The van der Waals surface area contributed by atoms with Gasteiger partial charge in [0.2, 0.25) is 5.89 Å². The molecule has 0 unspecified atom stereocenters. The first-order valence-electron chi connectivity index (χ1n) is 5.74. The number of hydrogen-bond donors (Lipinski definition) is 2. The van der Waals surface area contributed by atoms with Gasteiger partial charge in [0, 0.05) is 6.04 Å². The van der Waals surface area contributed by atoms with Gasteiger partial charge in [-0.3, -0.25) is 4.79 Å². The average molecular weight is 253 g/mol. The molecule has 0 radical (unpaired) electrons. The lowest BCUT2D eigenvalue weighted by Crippen LogP contribution is -2.43. The smallest absolute Gasteiger partial charge is 0.323 e. The molecule has 7 heteroatoms. The van der Waals surface area contributed by atoms with Gasteiger partial charge < -0.3 is 19.7 Å². The summed E-state index contributed by atoms with van der Waals surface area (Å²) in [4.78, 5) is 27.8. The summed E-state index contributed by atoms with van der Waals surface area (Å²) in [5.74, 6) is 0.0692. The normalized spacial score (nSPS) is 14.3. The molecule has 0 bridgehead atoms. The van der Waals surface area contributed by atoms with Crippen molar-refractivity contribution >= 4 is 12.0 Å². The quantitative estimate of drug-likeness (QED) is 0.807. The highest BCUT2D eigenvalue weighted by Crippen LogP contribution is 2.26. The Bertz CT molecular complexity index is 453. The molecule has 0 spiro atoms. The Morgan fingerprint density at radius 1 is 1.61 bits per heavy atom. The van der Waals surface area contributed by atoms with E-state index in [0.29, 0.717) is 11.7 Å². The molecule has 1 aromatic rings. The Morgan fingerprint density at radius 2 is 2.33 bits per heavy atom. The molecule has 0 aliphatic heterocycles. The number of oxazole rings is 1. The van der Waals surface area contributed by atoms with E-state index < -0.39 is 12.0 Å². The van der Waals surface area contributed by atoms with Crippen LogP contribution in [0, 0.1) is 6.92 Å². The maximum Gasteiger partial charge on any atom is 0.323 e. The Labute approximate surface area is 104 Å². The van der Waals surface area contributed by atoms with Gasteiger partial charge in [-0.25, -0.2) is 9.78 Å². The van der Waals surface area contributed by atoms with Crippen LogP contribution in [0.1, 0.15) is 24.5 Å². The van der Waals surface area contributed by atoms with Gasteiger partial charge in [0.15, 0.2) is 0 Å². The number of carbonyl (C=O) groups excluding carboxylic acids is 1. The topological polar surface area (TPSA) is 95.7 Å². The van der Waals surface area contributed by atoms with Crippen LogP contribution in [0.5, 0.6) is 0 Å². The lowest BCUT2D eigenvalue weighted by Gasteiger charge is -2.20. The molecular weight excluding hydrogens is 238 g/mol. The van der Waals surface area contributed by atoms with Gasteiger partial charge >= 0.3 is 12.0 Å². The zero-order valence-electron chi connectivity index (χ0n) is 10.0. The van der Waals surface area contributed by atoms with E-state index >= 15 is 0 Å². The number of rotatable bonds is 5. The molecule has 1 aliphatic rings. The predicted molar refractivity (Wildman–Crippen MR) is 60.8 cm³/mol. The average Bonchev–Trinajstić information content (AvgIpc) is 3.06. The van der Waals surface area contributed by atoms with Crippen molar-refractivity contribution < 1.29 is 19.1 Å². The van der Waals surface area contributed by atoms with E-state index in [1.54, 1.807) is 13.1 Å². The molecule has 7 nitrogen and oxygen atoms in total. The monoisotopic (exact) mass is 253 g/mol. The van der Waals surface area contributed by atoms with E-state index in [9.17, 15) is 9.59 Å². The molecule has 0 atom stereocenters. The number of aliphatic carboxylic acids is 1. The molecule has 1 fully saturated rings. The second kappa shape index (κ2) is 5.07. The number of carboxylic acid groups (broad SMARTS) is 1. The van der Waals surface area contributed by atoms with Crippen molar-refractivity contribution in [3.05, 3.63) is 17.8 Å². The Hall–Kier alpha value is -2.05. The number of aromatic nitrogens is 1. The number of aryl methyl sites for hydroxylation is 1. The minimum absolute atomic E-state index is 0.0485. The largest absolute Gasteiger partial charge is 0.480 e. The molecule has 2 amide bonds. The van der Waals surface area contributed by atoms with E-state index in [0.717, 1.165) is 12.8 Å². The van der Waals surface area contributed by atoms with Crippen molar-refractivity contribution in [1.29, 1.82) is 0 Å². The van der Waals surface area contributed by atoms with Gasteiger partial charge in [0.25, 0.3) is 0 Å². The summed E-state index contributed by atoms with van der Waals surface area (Å²) < 4.78 is 5.21. The van der Waals surface area contributed by atoms with Crippen LogP contribution in [0.25, 0.3) is 0 Å². The third kappa shape index (κ3) is 3.22. The van der Waals surface area contributed by atoms with E-state index in [4.69, 9.17) is 9.52 Å². The summed E-state index contributed by atoms with van der Waals surface area (Å²) in [5.41, 5.74) is 0. The van der Waals surface area contributed by atoms with Crippen LogP contribution in [-0.4, -0.2) is 39.6 Å². The van der Waals surface area contributed by atoms with Crippen LogP contribution in [-0.2, 0) is 11.3 Å². The zero-order chi connectivity index (χ0) is 13.1. The lowest BCUT2D eigenvalue weighted by molar-refractivity contribution is -0.137. The number of nitrogens with one attached hydrogen (secondary N) is 1. The fourth-order valence-corrected chi connectivity index (χ4v) is 1.63. The van der Waals surface area contributed by atoms with Crippen LogP contribution in [0.3, 0.4) is 0 Å². The van der Waals surface area contributed by atoms with Gasteiger partial charge in [0.05, 0.1) is 12.7 Å². The van der Waals surface area contributed by atoms with Crippen molar-refractivity contribution in [3.8, 4) is 0 Å². The second-order valence-corrected chi connectivity index (χ2v) is 4.28. The first kappa shape index (κ1) is 12.4. The van der Waals surface area contributed by atoms with Crippen LogP contribution in [0.2, 0.25) is 0 Å².